The third kappa shape index (κ3) is 3.00. The number of pyridine rings is 2. The second kappa shape index (κ2) is 7.01. The molecule has 7 nitrogen and oxygen atoms in total. The van der Waals surface area contributed by atoms with Gasteiger partial charge in [0.2, 0.25) is 0 Å². The highest BCUT2D eigenvalue weighted by molar-refractivity contribution is 6.77. The molecule has 5 rings (SSSR count). The number of carbonyl (C=O) groups is 1. The molecule has 0 bridgehead atoms. The zero-order chi connectivity index (χ0) is 23.9. The number of hydrogen-bond acceptors (Lipinski definition) is 6. The average molecular weight is 465 g/mol. The lowest BCUT2D eigenvalue weighted by atomic mass is 9.86. The molecule has 0 spiro atoms. The van der Waals surface area contributed by atoms with Crippen LogP contribution in [0, 0.1) is 0 Å². The van der Waals surface area contributed by atoms with E-state index in [0.717, 1.165) is 16.6 Å². The van der Waals surface area contributed by atoms with Crippen molar-refractivity contribution in [3.63, 3.8) is 0 Å². The van der Waals surface area contributed by atoms with Crippen molar-refractivity contribution in [2.75, 3.05) is 0 Å². The Labute approximate surface area is 192 Å². The van der Waals surface area contributed by atoms with Crippen LogP contribution in [0.15, 0.2) is 29.1 Å². The molecule has 3 aromatic rings. The summed E-state index contributed by atoms with van der Waals surface area (Å²) in [7, 11) is -1.55. The first-order valence-electron chi connectivity index (χ1n) is 11.3. The van der Waals surface area contributed by atoms with Crippen LogP contribution in [-0.4, -0.2) is 33.8 Å². The zero-order valence-electron chi connectivity index (χ0n) is 19.5. The molecule has 0 saturated carbocycles. The van der Waals surface area contributed by atoms with Crippen molar-refractivity contribution in [3.05, 3.63) is 56.9 Å². The van der Waals surface area contributed by atoms with Crippen molar-refractivity contribution in [2.45, 2.75) is 64.2 Å². The molecular weight excluding hydrogens is 436 g/mol. The van der Waals surface area contributed by atoms with Gasteiger partial charge in [-0.15, -0.1) is 0 Å². The maximum atomic E-state index is 13.3. The van der Waals surface area contributed by atoms with Crippen LogP contribution in [0.1, 0.15) is 48.1 Å². The maximum Gasteiger partial charge on any atom is 0.343 e. The summed E-state index contributed by atoms with van der Waals surface area (Å²) < 4.78 is 6.75. The number of rotatable bonds is 3. The number of ether oxygens (including phenoxy) is 1. The first-order chi connectivity index (χ1) is 15.5. The summed E-state index contributed by atoms with van der Waals surface area (Å²) >= 11 is 0. The van der Waals surface area contributed by atoms with Gasteiger partial charge in [0, 0.05) is 16.5 Å². The molecule has 8 heteroatoms. The van der Waals surface area contributed by atoms with E-state index >= 15 is 0 Å². The second-order valence-electron chi connectivity index (χ2n) is 10.3. The summed E-state index contributed by atoms with van der Waals surface area (Å²) in [5, 5.41) is 22.3. The largest absolute Gasteiger partial charge is 0.507 e. The van der Waals surface area contributed by atoms with Gasteiger partial charge in [-0.05, 0) is 35.7 Å². The predicted molar refractivity (Wildman–Crippen MR) is 128 cm³/mol. The lowest BCUT2D eigenvalue weighted by Crippen LogP contribution is -2.44. The monoisotopic (exact) mass is 464 g/mol. The van der Waals surface area contributed by atoms with Crippen LogP contribution in [0.2, 0.25) is 19.6 Å². The molecule has 1 unspecified atom stereocenters. The SMILES string of the molecule is CC[C@@]1(O)C(=O)OCc2c1cc1n(c2=O)Cc2cc3c(O)ccc(C(C)[Si](C)(C)C)c3nc2-1. The van der Waals surface area contributed by atoms with E-state index in [0.29, 0.717) is 40.0 Å². The average Bonchev–Trinajstić information content (AvgIpc) is 3.13. The fourth-order valence-electron chi connectivity index (χ4n) is 4.89. The Kier molecular flexibility index (Phi) is 4.64. The first kappa shape index (κ1) is 21.9. The highest BCUT2D eigenvalue weighted by Crippen LogP contribution is 2.41. The Morgan fingerprint density at radius 2 is 1.97 bits per heavy atom. The minimum atomic E-state index is -1.85. The van der Waals surface area contributed by atoms with Crippen molar-refractivity contribution < 1.29 is 19.7 Å². The van der Waals surface area contributed by atoms with Gasteiger partial charge in [0.05, 0.1) is 37.1 Å². The number of aliphatic hydroxyl groups is 1. The summed E-state index contributed by atoms with van der Waals surface area (Å²) in [5.74, 6) is -0.573. The molecule has 33 heavy (non-hydrogen) atoms. The zero-order valence-corrected chi connectivity index (χ0v) is 20.5. The summed E-state index contributed by atoms with van der Waals surface area (Å²) in [6, 6.07) is 7.29. The molecule has 2 aliphatic heterocycles. The van der Waals surface area contributed by atoms with Gasteiger partial charge in [0.25, 0.3) is 5.56 Å². The number of nitrogens with zero attached hydrogens (tertiary/aromatic N) is 2. The molecule has 2 aliphatic rings. The van der Waals surface area contributed by atoms with E-state index in [2.05, 4.69) is 26.6 Å². The molecule has 1 aromatic carbocycles. The van der Waals surface area contributed by atoms with Gasteiger partial charge in [-0.2, -0.15) is 0 Å². The summed E-state index contributed by atoms with van der Waals surface area (Å²) in [5.41, 5.74) is 2.63. The van der Waals surface area contributed by atoms with E-state index in [1.54, 1.807) is 23.6 Å². The molecular formula is C25H28N2O5Si. The molecule has 0 radical (unpaired) electrons. The normalized spacial score (nSPS) is 20.2. The van der Waals surface area contributed by atoms with Crippen LogP contribution in [0.25, 0.3) is 22.3 Å². The van der Waals surface area contributed by atoms with Gasteiger partial charge in [-0.3, -0.25) is 4.79 Å². The van der Waals surface area contributed by atoms with E-state index in [1.807, 2.05) is 12.1 Å². The Bertz CT molecular complexity index is 1400. The molecule has 2 aromatic heterocycles. The Morgan fingerprint density at radius 3 is 2.64 bits per heavy atom. The lowest BCUT2D eigenvalue weighted by Gasteiger charge is -2.31. The second-order valence-corrected chi connectivity index (χ2v) is 15.9. The van der Waals surface area contributed by atoms with Crippen molar-refractivity contribution in [3.8, 4) is 17.1 Å². The minimum Gasteiger partial charge on any atom is -0.507 e. The van der Waals surface area contributed by atoms with Crippen molar-refractivity contribution >= 4 is 24.9 Å². The molecule has 2 atom stereocenters. The Hall–Kier alpha value is -2.97. The molecule has 0 amide bonds. The smallest absolute Gasteiger partial charge is 0.343 e. The van der Waals surface area contributed by atoms with Crippen LogP contribution in [-0.2, 0) is 28.3 Å². The van der Waals surface area contributed by atoms with Gasteiger partial charge >= 0.3 is 5.97 Å². The Morgan fingerprint density at radius 1 is 1.24 bits per heavy atom. The van der Waals surface area contributed by atoms with Crippen LogP contribution in [0.5, 0.6) is 5.75 Å². The van der Waals surface area contributed by atoms with Crippen LogP contribution < -0.4 is 5.56 Å². The quantitative estimate of drug-likeness (QED) is 0.354. The van der Waals surface area contributed by atoms with Crippen LogP contribution in [0.3, 0.4) is 0 Å². The van der Waals surface area contributed by atoms with Crippen molar-refractivity contribution in [1.29, 1.82) is 0 Å². The highest BCUT2D eigenvalue weighted by atomic mass is 28.3. The predicted octanol–water partition coefficient (Wildman–Crippen LogP) is 3.77. The number of aromatic nitrogens is 2. The fourth-order valence-corrected chi connectivity index (χ4v) is 6.05. The number of benzene rings is 1. The van der Waals surface area contributed by atoms with E-state index in [1.165, 1.54) is 0 Å². The van der Waals surface area contributed by atoms with Crippen LogP contribution in [0.4, 0.5) is 0 Å². The number of phenolic OH excluding ortho intramolecular Hbond substituents is 1. The van der Waals surface area contributed by atoms with Gasteiger partial charge in [0.15, 0.2) is 5.60 Å². The lowest BCUT2D eigenvalue weighted by molar-refractivity contribution is -0.172. The van der Waals surface area contributed by atoms with Gasteiger partial charge in [-0.25, -0.2) is 9.78 Å². The maximum absolute atomic E-state index is 13.3. The summed E-state index contributed by atoms with van der Waals surface area (Å²) in [6.07, 6.45) is 0.103. The third-order valence-corrected chi connectivity index (χ3v) is 10.4. The number of aromatic hydroxyl groups is 1. The summed E-state index contributed by atoms with van der Waals surface area (Å²) in [6.45, 7) is 11.0. The number of cyclic esters (lactones) is 1. The third-order valence-electron chi connectivity index (χ3n) is 7.45. The van der Waals surface area contributed by atoms with E-state index in [4.69, 9.17) is 9.72 Å². The highest BCUT2D eigenvalue weighted by Gasteiger charge is 2.45. The molecule has 0 saturated heterocycles. The fraction of sp³-hybridized carbons (Fsp3) is 0.400. The number of fused-ring (bicyclic) bond motifs is 5. The number of phenols is 1. The molecule has 0 fully saturated rings. The Balaban J connectivity index is 1.79. The minimum absolute atomic E-state index is 0.103. The number of carbonyl (C=O) groups excluding carboxylic acids is 1. The van der Waals surface area contributed by atoms with Gasteiger partial charge in [-0.1, -0.05) is 39.6 Å². The van der Waals surface area contributed by atoms with Crippen LogP contribution >= 0.6 is 0 Å². The van der Waals surface area contributed by atoms with E-state index in [-0.39, 0.29) is 24.3 Å². The topological polar surface area (TPSA) is 102 Å². The van der Waals surface area contributed by atoms with Gasteiger partial charge in [0.1, 0.15) is 12.4 Å². The standard InChI is InChI=1S/C25H28N2O5Si/c1-6-25(31)18-10-19-21-14(11-27(19)23(29)17(18)12-32-24(25)30)9-16-20(28)8-7-15(22(16)26-21)13(2)33(3,4)5/h7-10,13,28,31H,6,11-12H2,1-5H3/t13?,25-/m0/s1. The molecule has 4 heterocycles. The van der Waals surface area contributed by atoms with Crippen molar-refractivity contribution in [1.82, 2.24) is 9.55 Å². The number of hydrogen-bond donors (Lipinski definition) is 2. The van der Waals surface area contributed by atoms with E-state index < -0.39 is 19.6 Å². The molecule has 2 N–H and O–H groups in total. The summed E-state index contributed by atoms with van der Waals surface area (Å²) in [4.78, 5) is 30.7. The number of esters is 1. The molecule has 172 valence electrons. The first-order valence-corrected chi connectivity index (χ1v) is 14.9. The van der Waals surface area contributed by atoms with Gasteiger partial charge < -0.3 is 19.5 Å². The van der Waals surface area contributed by atoms with E-state index in [9.17, 15) is 19.8 Å². The van der Waals surface area contributed by atoms with Crippen molar-refractivity contribution in [2.24, 2.45) is 0 Å². The molecule has 0 aliphatic carbocycles.